The maximum atomic E-state index is 9.02. The van der Waals surface area contributed by atoms with Gasteiger partial charge in [-0.25, -0.2) is 0 Å². The number of hydrogen-bond acceptors (Lipinski definition) is 3. The van der Waals surface area contributed by atoms with Crippen molar-refractivity contribution in [2.45, 2.75) is 39.4 Å². The molecule has 0 saturated carbocycles. The minimum atomic E-state index is -1.68. The van der Waals surface area contributed by atoms with E-state index in [4.69, 9.17) is 14.5 Å². The van der Waals surface area contributed by atoms with Gasteiger partial charge in [0.1, 0.15) is 5.75 Å². The molecule has 5 heteroatoms. The molecule has 1 aromatic carbocycles. The Morgan fingerprint density at radius 3 is 2.17 bits per heavy atom. The van der Waals surface area contributed by atoms with Crippen molar-refractivity contribution in [3.63, 3.8) is 0 Å². The molecule has 0 bridgehead atoms. The molecule has 18 heavy (non-hydrogen) atoms. The van der Waals surface area contributed by atoms with E-state index in [1.54, 1.807) is 24.3 Å². The summed E-state index contributed by atoms with van der Waals surface area (Å²) in [6, 6.07) is 8.12. The van der Waals surface area contributed by atoms with Crippen molar-refractivity contribution >= 4 is 20.9 Å². The first-order chi connectivity index (χ1) is 8.30. The Morgan fingerprint density at radius 1 is 1.17 bits per heavy atom. The average molecular weight is 266 g/mol. The highest BCUT2D eigenvalue weighted by Gasteiger charge is 2.24. The van der Waals surface area contributed by atoms with Gasteiger partial charge in [-0.1, -0.05) is 32.4 Å². The van der Waals surface area contributed by atoms with Gasteiger partial charge in [-0.2, -0.15) is 0 Å². The summed E-state index contributed by atoms with van der Waals surface area (Å²) in [5.74, 6) is 1.52. The second-order valence-corrected chi connectivity index (χ2v) is 9.96. The van der Waals surface area contributed by atoms with E-state index in [1.807, 2.05) is 0 Å². The van der Waals surface area contributed by atoms with E-state index >= 15 is 0 Å². The molecule has 0 unspecified atom stereocenters. The Bertz CT molecular complexity index is 363. The van der Waals surface area contributed by atoms with Gasteiger partial charge < -0.3 is 14.5 Å². The molecule has 0 fully saturated rings. The van der Waals surface area contributed by atoms with Gasteiger partial charge in [0.15, 0.2) is 0 Å². The zero-order valence-corrected chi connectivity index (χ0v) is 12.7. The molecule has 100 valence electrons. The predicted molar refractivity (Wildman–Crippen MR) is 78.6 cm³/mol. The average Bonchev–Trinajstić information content (AvgIpc) is 2.27. The largest absolute Gasteiger partial charge is 0.544 e. The van der Waals surface area contributed by atoms with E-state index in [9.17, 15) is 0 Å². The topological polar surface area (TPSA) is 49.7 Å². The standard InChI is InChI=1S/C13H23BO3Si/c1-11(2)9-10-18(3,4)17-13-7-5-12(6-8-13)14(15)16/h5-8,11,15-16H,9-10H2,1-4H3. The monoisotopic (exact) mass is 266 g/mol. The van der Waals surface area contributed by atoms with E-state index in [0.29, 0.717) is 11.4 Å². The zero-order valence-electron chi connectivity index (χ0n) is 11.7. The lowest BCUT2D eigenvalue weighted by Gasteiger charge is -2.25. The van der Waals surface area contributed by atoms with Crippen LogP contribution >= 0.6 is 0 Å². The number of rotatable bonds is 6. The fourth-order valence-corrected chi connectivity index (χ4v) is 3.86. The first-order valence-corrected chi connectivity index (χ1v) is 9.57. The van der Waals surface area contributed by atoms with Crippen LogP contribution in [0.1, 0.15) is 20.3 Å². The third kappa shape index (κ3) is 5.25. The molecule has 0 spiro atoms. The van der Waals surface area contributed by atoms with Crippen molar-refractivity contribution in [1.82, 2.24) is 0 Å². The maximum Gasteiger partial charge on any atom is 0.488 e. The van der Waals surface area contributed by atoms with Crippen LogP contribution < -0.4 is 9.89 Å². The smallest absolute Gasteiger partial charge is 0.488 e. The molecule has 0 radical (unpaired) electrons. The van der Waals surface area contributed by atoms with E-state index in [-0.39, 0.29) is 0 Å². The van der Waals surface area contributed by atoms with Crippen molar-refractivity contribution in [3.8, 4) is 5.75 Å². The Labute approximate surface area is 111 Å². The molecular weight excluding hydrogens is 243 g/mol. The van der Waals surface area contributed by atoms with Crippen LogP contribution in [0.3, 0.4) is 0 Å². The SMILES string of the molecule is CC(C)CC[Si](C)(C)Oc1ccc(B(O)O)cc1. The molecule has 0 aliphatic heterocycles. The van der Waals surface area contributed by atoms with E-state index in [2.05, 4.69) is 26.9 Å². The molecule has 0 heterocycles. The Balaban J connectivity index is 2.60. The highest BCUT2D eigenvalue weighted by molar-refractivity contribution is 6.71. The Morgan fingerprint density at radius 2 is 1.72 bits per heavy atom. The first-order valence-electron chi connectivity index (χ1n) is 6.45. The van der Waals surface area contributed by atoms with Gasteiger partial charge in [-0.3, -0.25) is 0 Å². The van der Waals surface area contributed by atoms with E-state index < -0.39 is 15.4 Å². The van der Waals surface area contributed by atoms with Crippen LogP contribution in [0.2, 0.25) is 19.1 Å². The van der Waals surface area contributed by atoms with Crippen LogP contribution in [-0.4, -0.2) is 25.5 Å². The lowest BCUT2D eigenvalue weighted by Crippen LogP contribution is -2.34. The highest BCUT2D eigenvalue weighted by atomic mass is 28.4. The minimum Gasteiger partial charge on any atom is -0.544 e. The highest BCUT2D eigenvalue weighted by Crippen LogP contribution is 2.21. The Kier molecular flexibility index (Phi) is 5.44. The zero-order chi connectivity index (χ0) is 13.8. The van der Waals surface area contributed by atoms with Gasteiger partial charge in [0.25, 0.3) is 0 Å². The van der Waals surface area contributed by atoms with Gasteiger partial charge in [-0.05, 0) is 42.7 Å². The van der Waals surface area contributed by atoms with Gasteiger partial charge >= 0.3 is 7.12 Å². The van der Waals surface area contributed by atoms with Crippen LogP contribution in [0.15, 0.2) is 24.3 Å². The predicted octanol–water partition coefficient (Wildman–Crippen LogP) is 2.00. The molecule has 3 nitrogen and oxygen atoms in total. The first kappa shape index (κ1) is 15.3. The fraction of sp³-hybridized carbons (Fsp3) is 0.538. The summed E-state index contributed by atoms with van der Waals surface area (Å²) in [5, 5.41) is 18.0. The van der Waals surface area contributed by atoms with E-state index in [0.717, 1.165) is 11.8 Å². The van der Waals surface area contributed by atoms with Gasteiger partial charge in [-0.15, -0.1) is 0 Å². The summed E-state index contributed by atoms with van der Waals surface area (Å²) in [7, 11) is -3.09. The second kappa shape index (κ2) is 6.41. The van der Waals surface area contributed by atoms with Crippen LogP contribution in [0, 0.1) is 5.92 Å². The van der Waals surface area contributed by atoms with Crippen LogP contribution in [0.5, 0.6) is 5.75 Å². The summed E-state index contributed by atoms with van der Waals surface area (Å²) in [6.07, 6.45) is 1.19. The fourth-order valence-electron chi connectivity index (χ4n) is 1.71. The molecule has 0 aliphatic rings. The summed E-state index contributed by atoms with van der Waals surface area (Å²) in [5.41, 5.74) is 0.490. The van der Waals surface area contributed by atoms with Crippen molar-refractivity contribution in [3.05, 3.63) is 24.3 Å². The van der Waals surface area contributed by atoms with Crippen molar-refractivity contribution in [2.24, 2.45) is 5.92 Å². The lowest BCUT2D eigenvalue weighted by atomic mass is 9.80. The quantitative estimate of drug-likeness (QED) is 0.774. The summed E-state index contributed by atoms with van der Waals surface area (Å²) >= 11 is 0. The molecule has 0 atom stereocenters. The van der Waals surface area contributed by atoms with Crippen molar-refractivity contribution < 1.29 is 14.5 Å². The summed E-state index contributed by atoms with van der Waals surface area (Å²) < 4.78 is 6.06. The molecule has 1 aromatic rings. The molecule has 0 amide bonds. The molecule has 0 aromatic heterocycles. The minimum absolute atomic E-state index is 0.490. The molecule has 1 rings (SSSR count). The lowest BCUT2D eigenvalue weighted by molar-refractivity contribution is 0.425. The third-order valence-corrected chi connectivity index (χ3v) is 5.18. The van der Waals surface area contributed by atoms with E-state index in [1.165, 1.54) is 6.42 Å². The second-order valence-electron chi connectivity index (χ2n) is 5.74. The summed E-state index contributed by atoms with van der Waals surface area (Å²) in [6.45, 7) is 8.87. The molecule has 0 aliphatic carbocycles. The molecule has 0 saturated heterocycles. The van der Waals surface area contributed by atoms with Crippen molar-refractivity contribution in [1.29, 1.82) is 0 Å². The van der Waals surface area contributed by atoms with Crippen LogP contribution in [0.25, 0.3) is 0 Å². The van der Waals surface area contributed by atoms with Gasteiger partial charge in [0, 0.05) is 0 Å². The van der Waals surface area contributed by atoms with Crippen LogP contribution in [0.4, 0.5) is 0 Å². The molecule has 2 N–H and O–H groups in total. The number of benzene rings is 1. The maximum absolute atomic E-state index is 9.02. The van der Waals surface area contributed by atoms with Gasteiger partial charge in [0.2, 0.25) is 8.32 Å². The normalized spacial score (nSPS) is 11.7. The van der Waals surface area contributed by atoms with Crippen molar-refractivity contribution in [2.75, 3.05) is 0 Å². The number of hydrogen-bond donors (Lipinski definition) is 2. The van der Waals surface area contributed by atoms with Crippen LogP contribution in [-0.2, 0) is 0 Å². The molecular formula is C13H23BO3Si. The summed E-state index contributed by atoms with van der Waals surface area (Å²) in [4.78, 5) is 0. The van der Waals surface area contributed by atoms with Gasteiger partial charge in [0.05, 0.1) is 0 Å². The Hall–Kier alpha value is -0.778. The third-order valence-electron chi connectivity index (χ3n) is 2.90.